The molecule has 2 saturated heterocycles. The molecule has 4 nitrogen and oxygen atoms in total. The van der Waals surface area contributed by atoms with Crippen molar-refractivity contribution < 1.29 is 13.9 Å². The van der Waals surface area contributed by atoms with Crippen LogP contribution in [0.4, 0.5) is 4.39 Å². The Balaban J connectivity index is 1.90. The zero-order chi connectivity index (χ0) is 14.8. The van der Waals surface area contributed by atoms with E-state index in [1.807, 2.05) is 6.07 Å². The number of rotatable bonds is 3. The highest BCUT2D eigenvalue weighted by molar-refractivity contribution is 5.21. The number of hydrogen-bond acceptors (Lipinski definition) is 4. The molecular formula is C16H23FN2O2. The fourth-order valence-electron chi connectivity index (χ4n) is 3.81. The van der Waals surface area contributed by atoms with Gasteiger partial charge in [-0.15, -0.1) is 0 Å². The van der Waals surface area contributed by atoms with E-state index in [4.69, 9.17) is 15.2 Å². The Morgan fingerprint density at radius 1 is 1.19 bits per heavy atom. The molecule has 0 amide bonds. The van der Waals surface area contributed by atoms with Crippen molar-refractivity contribution in [2.24, 2.45) is 5.73 Å². The summed E-state index contributed by atoms with van der Waals surface area (Å²) < 4.78 is 24.8. The third kappa shape index (κ3) is 2.96. The van der Waals surface area contributed by atoms with Gasteiger partial charge in [-0.3, -0.25) is 4.98 Å². The van der Waals surface area contributed by atoms with Gasteiger partial charge in [0.05, 0.1) is 11.8 Å². The molecule has 3 rings (SSSR count). The van der Waals surface area contributed by atoms with Crippen LogP contribution in [0.1, 0.15) is 37.8 Å². The van der Waals surface area contributed by atoms with Crippen LogP contribution in [0.3, 0.4) is 0 Å². The molecule has 0 radical (unpaired) electrons. The first-order chi connectivity index (χ1) is 10.2. The van der Waals surface area contributed by atoms with Gasteiger partial charge in [0.25, 0.3) is 0 Å². The summed E-state index contributed by atoms with van der Waals surface area (Å²) in [6, 6.07) is 3.30. The SMILES string of the molecule is NCC[C@@]1(c2ccc(F)cn2)CCOC2(CCOCC2)C1. The predicted molar refractivity (Wildman–Crippen MR) is 77.5 cm³/mol. The van der Waals surface area contributed by atoms with Crippen LogP contribution >= 0.6 is 0 Å². The van der Waals surface area contributed by atoms with E-state index >= 15 is 0 Å². The third-order valence-corrected chi connectivity index (χ3v) is 4.95. The molecule has 1 aromatic heterocycles. The zero-order valence-corrected chi connectivity index (χ0v) is 12.3. The molecule has 0 aromatic carbocycles. The van der Waals surface area contributed by atoms with E-state index in [0.29, 0.717) is 13.2 Å². The standard InChI is InChI=1S/C16H23FN2O2/c17-13-1-2-14(19-11-13)15(3-7-18)4-10-21-16(12-15)5-8-20-9-6-16/h1-2,11H,3-10,12,18H2/t15-/m1/s1. The van der Waals surface area contributed by atoms with Crippen LogP contribution in [0.5, 0.6) is 0 Å². The minimum Gasteiger partial charge on any atom is -0.381 e. The van der Waals surface area contributed by atoms with Crippen LogP contribution in [0.25, 0.3) is 0 Å². The monoisotopic (exact) mass is 294 g/mol. The summed E-state index contributed by atoms with van der Waals surface area (Å²) in [5.74, 6) is -0.297. The minimum absolute atomic E-state index is 0.0992. The van der Waals surface area contributed by atoms with Crippen LogP contribution in [0, 0.1) is 5.82 Å². The molecule has 2 N–H and O–H groups in total. The maximum absolute atomic E-state index is 13.2. The second kappa shape index (κ2) is 5.99. The molecular weight excluding hydrogens is 271 g/mol. The molecule has 116 valence electrons. The molecule has 1 spiro atoms. The predicted octanol–water partition coefficient (Wildman–Crippen LogP) is 2.17. The first kappa shape index (κ1) is 14.9. The van der Waals surface area contributed by atoms with Crippen LogP contribution < -0.4 is 5.73 Å². The van der Waals surface area contributed by atoms with Crippen molar-refractivity contribution in [1.29, 1.82) is 0 Å². The van der Waals surface area contributed by atoms with Gasteiger partial charge in [0.1, 0.15) is 5.82 Å². The smallest absolute Gasteiger partial charge is 0.141 e. The average molecular weight is 294 g/mol. The molecule has 5 heteroatoms. The number of pyridine rings is 1. The second-order valence-corrected chi connectivity index (χ2v) is 6.25. The van der Waals surface area contributed by atoms with Crippen molar-refractivity contribution in [3.8, 4) is 0 Å². The van der Waals surface area contributed by atoms with E-state index in [1.54, 1.807) is 0 Å². The Bertz CT molecular complexity index is 464. The summed E-state index contributed by atoms with van der Waals surface area (Å²) in [7, 11) is 0. The molecule has 3 heterocycles. The Labute approximate surface area is 124 Å². The van der Waals surface area contributed by atoms with Crippen LogP contribution in [0.15, 0.2) is 18.3 Å². The Morgan fingerprint density at radius 3 is 2.67 bits per heavy atom. The van der Waals surface area contributed by atoms with Crippen molar-refractivity contribution in [3.63, 3.8) is 0 Å². The van der Waals surface area contributed by atoms with Crippen molar-refractivity contribution in [3.05, 3.63) is 29.8 Å². The van der Waals surface area contributed by atoms with E-state index in [-0.39, 0.29) is 16.8 Å². The van der Waals surface area contributed by atoms with Crippen molar-refractivity contribution in [2.45, 2.75) is 43.1 Å². The first-order valence-corrected chi connectivity index (χ1v) is 7.72. The summed E-state index contributed by atoms with van der Waals surface area (Å²) >= 11 is 0. The second-order valence-electron chi connectivity index (χ2n) is 6.25. The normalized spacial score (nSPS) is 28.7. The maximum atomic E-state index is 13.2. The van der Waals surface area contributed by atoms with Gasteiger partial charge >= 0.3 is 0 Å². The number of nitrogens with zero attached hydrogens (tertiary/aromatic N) is 1. The van der Waals surface area contributed by atoms with Gasteiger partial charge in [0.15, 0.2) is 0 Å². The third-order valence-electron chi connectivity index (χ3n) is 4.95. The minimum atomic E-state index is -0.297. The molecule has 0 aliphatic carbocycles. The van der Waals surface area contributed by atoms with E-state index in [1.165, 1.54) is 12.3 Å². The fraction of sp³-hybridized carbons (Fsp3) is 0.688. The van der Waals surface area contributed by atoms with Gasteiger partial charge in [-0.25, -0.2) is 4.39 Å². The fourth-order valence-corrected chi connectivity index (χ4v) is 3.81. The van der Waals surface area contributed by atoms with Gasteiger partial charge < -0.3 is 15.2 Å². The highest BCUT2D eigenvalue weighted by atomic mass is 19.1. The summed E-state index contributed by atoms with van der Waals surface area (Å²) in [5, 5.41) is 0. The number of aromatic nitrogens is 1. The molecule has 1 aromatic rings. The van der Waals surface area contributed by atoms with Gasteiger partial charge in [0, 0.05) is 30.9 Å². The number of hydrogen-bond donors (Lipinski definition) is 1. The highest BCUT2D eigenvalue weighted by Gasteiger charge is 2.47. The molecule has 0 bridgehead atoms. The van der Waals surface area contributed by atoms with Crippen LogP contribution in [-0.2, 0) is 14.9 Å². The van der Waals surface area contributed by atoms with E-state index in [0.717, 1.165) is 51.0 Å². The Morgan fingerprint density at radius 2 is 2.00 bits per heavy atom. The Kier molecular flexibility index (Phi) is 4.24. The highest BCUT2D eigenvalue weighted by Crippen LogP contribution is 2.46. The van der Waals surface area contributed by atoms with Gasteiger partial charge in [-0.1, -0.05) is 0 Å². The number of ether oxygens (including phenoxy) is 2. The lowest BCUT2D eigenvalue weighted by atomic mass is 9.66. The zero-order valence-electron chi connectivity index (χ0n) is 12.3. The molecule has 0 unspecified atom stereocenters. The Hall–Kier alpha value is -1.04. The quantitative estimate of drug-likeness (QED) is 0.928. The maximum Gasteiger partial charge on any atom is 0.141 e. The largest absolute Gasteiger partial charge is 0.381 e. The van der Waals surface area contributed by atoms with E-state index in [9.17, 15) is 4.39 Å². The molecule has 2 aliphatic rings. The molecule has 0 saturated carbocycles. The molecule has 2 fully saturated rings. The summed E-state index contributed by atoms with van der Waals surface area (Å²) in [6.45, 7) is 2.80. The topological polar surface area (TPSA) is 57.4 Å². The summed E-state index contributed by atoms with van der Waals surface area (Å²) in [5.41, 5.74) is 6.59. The van der Waals surface area contributed by atoms with Gasteiger partial charge in [0.2, 0.25) is 0 Å². The first-order valence-electron chi connectivity index (χ1n) is 7.72. The lowest BCUT2D eigenvalue weighted by Gasteiger charge is -2.49. The van der Waals surface area contributed by atoms with Gasteiger partial charge in [-0.2, -0.15) is 0 Å². The number of nitrogens with two attached hydrogens (primary N) is 1. The average Bonchev–Trinajstić information content (AvgIpc) is 2.49. The molecule has 2 aliphatic heterocycles. The summed E-state index contributed by atoms with van der Waals surface area (Å²) in [6.07, 6.45) is 5.79. The van der Waals surface area contributed by atoms with Crippen molar-refractivity contribution in [1.82, 2.24) is 4.98 Å². The van der Waals surface area contributed by atoms with Gasteiger partial charge in [-0.05, 0) is 50.8 Å². The van der Waals surface area contributed by atoms with E-state index < -0.39 is 0 Å². The lowest BCUT2D eigenvalue weighted by molar-refractivity contribution is -0.154. The summed E-state index contributed by atoms with van der Waals surface area (Å²) in [4.78, 5) is 4.35. The molecule has 1 atom stereocenters. The lowest BCUT2D eigenvalue weighted by Crippen LogP contribution is -2.51. The van der Waals surface area contributed by atoms with Crippen molar-refractivity contribution in [2.75, 3.05) is 26.4 Å². The molecule has 21 heavy (non-hydrogen) atoms. The van der Waals surface area contributed by atoms with Crippen LogP contribution in [-0.4, -0.2) is 37.0 Å². The number of halogens is 1. The van der Waals surface area contributed by atoms with Crippen molar-refractivity contribution >= 4 is 0 Å². The van der Waals surface area contributed by atoms with Crippen LogP contribution in [0.2, 0.25) is 0 Å². The van der Waals surface area contributed by atoms with E-state index in [2.05, 4.69) is 4.98 Å².